The molecule has 6 heteroatoms. The second-order valence-electron chi connectivity index (χ2n) is 9.03. The van der Waals surface area contributed by atoms with Crippen LogP contribution in [0.5, 0.6) is 0 Å². The van der Waals surface area contributed by atoms with Gasteiger partial charge in [-0.2, -0.15) is 0 Å². The van der Waals surface area contributed by atoms with Crippen LogP contribution in [0.15, 0.2) is 0 Å². The van der Waals surface area contributed by atoms with E-state index < -0.39 is 6.09 Å². The van der Waals surface area contributed by atoms with Gasteiger partial charge in [-0.25, -0.2) is 4.79 Å². The van der Waals surface area contributed by atoms with Gasteiger partial charge < -0.3 is 14.9 Å². The molecule has 26 heavy (non-hydrogen) atoms. The van der Waals surface area contributed by atoms with Crippen LogP contribution >= 0.6 is 0 Å². The summed E-state index contributed by atoms with van der Waals surface area (Å²) in [7, 11) is 0. The van der Waals surface area contributed by atoms with Crippen molar-refractivity contribution in [1.82, 2.24) is 14.7 Å². The Kier molecular flexibility index (Phi) is 4.66. The highest BCUT2D eigenvalue weighted by molar-refractivity contribution is 5.74. The molecule has 6 nitrogen and oxygen atoms in total. The molecule has 2 saturated carbocycles. The summed E-state index contributed by atoms with van der Waals surface area (Å²) in [6.45, 7) is 7.59. The topological polar surface area (TPSA) is 64.1 Å². The van der Waals surface area contributed by atoms with E-state index in [-0.39, 0.29) is 11.3 Å². The fourth-order valence-electron chi connectivity index (χ4n) is 6.24. The molecule has 0 aromatic rings. The van der Waals surface area contributed by atoms with Crippen molar-refractivity contribution in [3.05, 3.63) is 0 Å². The first kappa shape index (κ1) is 18.1. The smallest absolute Gasteiger partial charge is 0.407 e. The monoisotopic (exact) mass is 363 g/mol. The first-order valence-electron chi connectivity index (χ1n) is 10.5. The van der Waals surface area contributed by atoms with Crippen molar-refractivity contribution in [2.24, 2.45) is 11.3 Å². The van der Waals surface area contributed by atoms with Crippen molar-refractivity contribution in [3.63, 3.8) is 0 Å². The van der Waals surface area contributed by atoms with Crippen LogP contribution in [0.3, 0.4) is 0 Å². The Morgan fingerprint density at radius 2 is 1.77 bits per heavy atom. The zero-order chi connectivity index (χ0) is 18.5. The molecule has 1 N–H and O–H groups in total. The highest BCUT2D eigenvalue weighted by Crippen LogP contribution is 2.56. The van der Waals surface area contributed by atoms with Gasteiger partial charge in [0, 0.05) is 51.2 Å². The fourth-order valence-corrected chi connectivity index (χ4v) is 6.24. The van der Waals surface area contributed by atoms with Gasteiger partial charge in [-0.3, -0.25) is 9.69 Å². The van der Waals surface area contributed by atoms with Gasteiger partial charge in [0.1, 0.15) is 0 Å². The Hall–Kier alpha value is -1.30. The number of nitrogens with zero attached hydrogens (tertiary/aromatic N) is 3. The van der Waals surface area contributed by atoms with Gasteiger partial charge in [0.25, 0.3) is 0 Å². The maximum atomic E-state index is 12.0. The van der Waals surface area contributed by atoms with Gasteiger partial charge in [-0.1, -0.05) is 13.3 Å². The Morgan fingerprint density at radius 3 is 2.27 bits per heavy atom. The highest BCUT2D eigenvalue weighted by Gasteiger charge is 2.58. The molecular weight excluding hydrogens is 330 g/mol. The van der Waals surface area contributed by atoms with Gasteiger partial charge in [0.2, 0.25) is 5.91 Å². The summed E-state index contributed by atoms with van der Waals surface area (Å²) < 4.78 is 0. The molecule has 2 amide bonds. The van der Waals surface area contributed by atoms with E-state index in [9.17, 15) is 14.7 Å². The number of hydrogen-bond acceptors (Lipinski definition) is 3. The molecule has 0 bridgehead atoms. The number of hydrogen-bond donors (Lipinski definition) is 1. The number of carbonyl (C=O) groups is 2. The lowest BCUT2D eigenvalue weighted by Crippen LogP contribution is -2.62. The molecule has 3 unspecified atom stereocenters. The average molecular weight is 364 g/mol. The van der Waals surface area contributed by atoms with E-state index in [1.807, 2.05) is 0 Å². The minimum Gasteiger partial charge on any atom is -0.465 e. The number of rotatable bonds is 4. The summed E-state index contributed by atoms with van der Waals surface area (Å²) in [4.78, 5) is 29.8. The van der Waals surface area contributed by atoms with Gasteiger partial charge in [-0.05, 0) is 49.9 Å². The largest absolute Gasteiger partial charge is 0.465 e. The van der Waals surface area contributed by atoms with E-state index in [2.05, 4.69) is 16.7 Å². The Bertz CT molecular complexity index is 571. The molecule has 1 spiro atoms. The second kappa shape index (κ2) is 6.70. The van der Waals surface area contributed by atoms with Crippen molar-refractivity contribution < 1.29 is 14.7 Å². The lowest BCUT2D eigenvalue weighted by Gasteiger charge is -2.58. The van der Waals surface area contributed by atoms with E-state index in [4.69, 9.17) is 0 Å². The lowest BCUT2D eigenvalue weighted by atomic mass is 9.54. The van der Waals surface area contributed by atoms with Crippen molar-refractivity contribution in [1.29, 1.82) is 0 Å². The van der Waals surface area contributed by atoms with Crippen LogP contribution in [-0.4, -0.2) is 76.1 Å². The molecular formula is C20H33N3O3. The van der Waals surface area contributed by atoms with Crippen LogP contribution in [0.1, 0.15) is 58.8 Å². The highest BCUT2D eigenvalue weighted by atomic mass is 16.4. The molecule has 0 aromatic carbocycles. The standard InChI is InChI=1S/C20H33N3O3/c1-3-17-18(12-20(17)8-11-22(13-20)19(25)26)21-9-6-16(7-10-21)23(14(2)24)15-4-5-15/h15-18H,3-13H2,1-2H3,(H,25,26). The van der Waals surface area contributed by atoms with Crippen LogP contribution in [0.2, 0.25) is 0 Å². The Morgan fingerprint density at radius 1 is 1.12 bits per heavy atom. The minimum atomic E-state index is -0.759. The molecule has 0 aromatic heterocycles. The number of carboxylic acid groups (broad SMARTS) is 1. The van der Waals surface area contributed by atoms with Crippen molar-refractivity contribution >= 4 is 12.0 Å². The maximum absolute atomic E-state index is 12.0. The number of amides is 2. The number of carbonyl (C=O) groups excluding carboxylic acids is 1. The molecule has 4 fully saturated rings. The van der Waals surface area contributed by atoms with Gasteiger partial charge in [0.15, 0.2) is 0 Å². The van der Waals surface area contributed by atoms with E-state index in [1.54, 1.807) is 11.8 Å². The van der Waals surface area contributed by atoms with Crippen molar-refractivity contribution in [2.75, 3.05) is 26.2 Å². The van der Waals surface area contributed by atoms with Crippen molar-refractivity contribution in [2.45, 2.75) is 76.9 Å². The summed E-state index contributed by atoms with van der Waals surface area (Å²) in [6, 6.07) is 1.56. The predicted molar refractivity (Wildman–Crippen MR) is 99.0 cm³/mol. The zero-order valence-electron chi connectivity index (χ0n) is 16.2. The second-order valence-corrected chi connectivity index (χ2v) is 9.03. The van der Waals surface area contributed by atoms with Gasteiger partial charge in [0.05, 0.1) is 0 Å². The van der Waals surface area contributed by atoms with E-state index in [0.29, 0.717) is 30.6 Å². The quantitative estimate of drug-likeness (QED) is 0.834. The summed E-state index contributed by atoms with van der Waals surface area (Å²) in [5.41, 5.74) is 0.230. The summed E-state index contributed by atoms with van der Waals surface area (Å²) in [5, 5.41) is 9.30. The number of likely N-dealkylation sites (tertiary alicyclic amines) is 2. The van der Waals surface area contributed by atoms with E-state index in [1.165, 1.54) is 12.8 Å². The van der Waals surface area contributed by atoms with E-state index >= 15 is 0 Å². The summed E-state index contributed by atoms with van der Waals surface area (Å²) in [6.07, 6.45) is 7.12. The predicted octanol–water partition coefficient (Wildman–Crippen LogP) is 2.63. The average Bonchev–Trinajstić information content (AvgIpc) is 3.30. The van der Waals surface area contributed by atoms with Crippen LogP contribution in [0.25, 0.3) is 0 Å². The molecule has 4 aliphatic rings. The van der Waals surface area contributed by atoms with Gasteiger partial charge in [-0.15, -0.1) is 0 Å². The molecule has 0 radical (unpaired) electrons. The molecule has 2 aliphatic carbocycles. The molecule has 4 rings (SSSR count). The Balaban J connectivity index is 1.34. The maximum Gasteiger partial charge on any atom is 0.407 e. The minimum absolute atomic E-state index is 0.230. The van der Waals surface area contributed by atoms with Crippen molar-refractivity contribution in [3.8, 4) is 0 Å². The molecule has 2 saturated heterocycles. The third kappa shape index (κ3) is 3.00. The SMILES string of the molecule is CCC1C(N2CCC(N(C(C)=O)C3CC3)CC2)CC12CCN(C(=O)O)C2. The van der Waals surface area contributed by atoms with Crippen LogP contribution in [0, 0.1) is 11.3 Å². The molecule has 146 valence electrons. The lowest BCUT2D eigenvalue weighted by molar-refractivity contribution is -0.134. The Labute approximate surface area is 156 Å². The molecule has 3 atom stereocenters. The third-order valence-corrected chi connectivity index (χ3v) is 7.63. The van der Waals surface area contributed by atoms with Gasteiger partial charge >= 0.3 is 6.09 Å². The molecule has 2 heterocycles. The molecule has 2 aliphatic heterocycles. The van der Waals surface area contributed by atoms with E-state index in [0.717, 1.165) is 51.7 Å². The normalized spacial score (nSPS) is 35.5. The number of piperidine rings is 1. The van der Waals surface area contributed by atoms with Crippen LogP contribution < -0.4 is 0 Å². The first-order valence-corrected chi connectivity index (χ1v) is 10.5. The summed E-state index contributed by atoms with van der Waals surface area (Å²) >= 11 is 0. The fraction of sp³-hybridized carbons (Fsp3) is 0.900. The van der Waals surface area contributed by atoms with Crippen LogP contribution in [-0.2, 0) is 4.79 Å². The van der Waals surface area contributed by atoms with Crippen LogP contribution in [0.4, 0.5) is 4.79 Å². The summed E-state index contributed by atoms with van der Waals surface area (Å²) in [5.74, 6) is 0.871. The third-order valence-electron chi connectivity index (χ3n) is 7.63. The zero-order valence-corrected chi connectivity index (χ0v) is 16.2. The first-order chi connectivity index (χ1) is 12.4.